The molecule has 1 aliphatic heterocycles. The molecular weight excluding hydrogens is 302 g/mol. The predicted molar refractivity (Wildman–Crippen MR) is 91.4 cm³/mol. The van der Waals surface area contributed by atoms with Crippen molar-refractivity contribution in [3.05, 3.63) is 66.9 Å². The first-order valence-corrected chi connectivity index (χ1v) is 8.12. The molecule has 0 saturated carbocycles. The van der Waals surface area contributed by atoms with E-state index >= 15 is 0 Å². The van der Waals surface area contributed by atoms with Gasteiger partial charge >= 0.3 is 0 Å². The van der Waals surface area contributed by atoms with Gasteiger partial charge in [-0.05, 0) is 24.3 Å². The number of aromatic nitrogens is 2. The molecule has 0 unspecified atom stereocenters. The lowest BCUT2D eigenvalue weighted by molar-refractivity contribution is -0.128. The van der Waals surface area contributed by atoms with Crippen LogP contribution in [0.4, 0.5) is 0 Å². The van der Waals surface area contributed by atoms with Crippen molar-refractivity contribution in [2.24, 2.45) is 0 Å². The molecule has 1 aliphatic rings. The lowest BCUT2D eigenvalue weighted by Gasteiger charge is -2.15. The van der Waals surface area contributed by atoms with E-state index in [1.54, 1.807) is 6.26 Å². The SMILES string of the molecule is C=CCn1c([C@H]2CC(=O)N(Cc3ccco3)C2)nc2ccccc21. The molecule has 4 rings (SSSR count). The number of para-hydroxylation sites is 2. The molecule has 5 nitrogen and oxygen atoms in total. The predicted octanol–water partition coefficient (Wildman–Crippen LogP) is 3.33. The minimum atomic E-state index is 0.0970. The van der Waals surface area contributed by atoms with Crippen molar-refractivity contribution in [1.29, 1.82) is 0 Å². The summed E-state index contributed by atoms with van der Waals surface area (Å²) in [7, 11) is 0. The van der Waals surface area contributed by atoms with Gasteiger partial charge in [0.1, 0.15) is 11.6 Å². The van der Waals surface area contributed by atoms with Crippen LogP contribution in [0.3, 0.4) is 0 Å². The average molecular weight is 321 g/mol. The Labute approximate surface area is 140 Å². The Morgan fingerprint density at radius 3 is 2.96 bits per heavy atom. The number of furan rings is 1. The molecule has 1 amide bonds. The highest BCUT2D eigenvalue weighted by Gasteiger charge is 2.34. The average Bonchev–Trinajstić information content (AvgIpc) is 3.29. The van der Waals surface area contributed by atoms with Gasteiger partial charge < -0.3 is 13.9 Å². The second kappa shape index (κ2) is 6.00. The van der Waals surface area contributed by atoms with E-state index < -0.39 is 0 Å². The molecule has 0 aliphatic carbocycles. The van der Waals surface area contributed by atoms with Crippen molar-refractivity contribution in [1.82, 2.24) is 14.5 Å². The van der Waals surface area contributed by atoms with Gasteiger partial charge in [0.15, 0.2) is 0 Å². The number of nitrogens with zero attached hydrogens (tertiary/aromatic N) is 3. The zero-order valence-corrected chi connectivity index (χ0v) is 13.4. The Hall–Kier alpha value is -2.82. The molecule has 0 N–H and O–H groups in total. The third-order valence-corrected chi connectivity index (χ3v) is 4.50. The number of rotatable bonds is 5. The van der Waals surface area contributed by atoms with E-state index in [0.717, 1.165) is 22.6 Å². The molecule has 1 atom stereocenters. The summed E-state index contributed by atoms with van der Waals surface area (Å²) in [5.41, 5.74) is 2.05. The van der Waals surface area contributed by atoms with Crippen LogP contribution in [0.15, 0.2) is 59.7 Å². The topological polar surface area (TPSA) is 51.3 Å². The number of allylic oxidation sites excluding steroid dienone is 1. The first-order chi connectivity index (χ1) is 11.8. The largest absolute Gasteiger partial charge is 0.467 e. The highest BCUT2D eigenvalue weighted by atomic mass is 16.3. The van der Waals surface area contributed by atoms with Crippen molar-refractivity contribution in [2.45, 2.75) is 25.4 Å². The van der Waals surface area contributed by atoms with Crippen LogP contribution in [0.25, 0.3) is 11.0 Å². The maximum absolute atomic E-state index is 12.4. The minimum Gasteiger partial charge on any atom is -0.467 e. The number of hydrogen-bond acceptors (Lipinski definition) is 3. The fraction of sp³-hybridized carbons (Fsp3) is 0.263. The summed E-state index contributed by atoms with van der Waals surface area (Å²) in [6.45, 7) is 5.73. The van der Waals surface area contributed by atoms with E-state index in [9.17, 15) is 4.79 Å². The first-order valence-electron chi connectivity index (χ1n) is 8.12. The molecule has 0 radical (unpaired) electrons. The standard InChI is InChI=1S/C19H19N3O2/c1-2-9-22-17-8-4-3-7-16(17)20-19(22)14-11-18(23)21(12-14)13-15-6-5-10-24-15/h2-8,10,14H,1,9,11-13H2/t14-/m0/s1. The number of amides is 1. The molecule has 0 bridgehead atoms. The fourth-order valence-corrected chi connectivity index (χ4v) is 3.42. The van der Waals surface area contributed by atoms with Crippen molar-refractivity contribution >= 4 is 16.9 Å². The monoisotopic (exact) mass is 321 g/mol. The number of hydrogen-bond donors (Lipinski definition) is 0. The molecule has 1 fully saturated rings. The van der Waals surface area contributed by atoms with Crippen molar-refractivity contribution in [2.75, 3.05) is 6.54 Å². The highest BCUT2D eigenvalue weighted by Crippen LogP contribution is 2.31. The summed E-state index contributed by atoms with van der Waals surface area (Å²) < 4.78 is 7.53. The lowest BCUT2D eigenvalue weighted by Crippen LogP contribution is -2.24. The van der Waals surface area contributed by atoms with Gasteiger partial charge in [0.25, 0.3) is 0 Å². The third-order valence-electron chi connectivity index (χ3n) is 4.50. The first kappa shape index (κ1) is 14.8. The number of likely N-dealkylation sites (tertiary alicyclic amines) is 1. The summed E-state index contributed by atoms with van der Waals surface area (Å²) in [5, 5.41) is 0. The maximum Gasteiger partial charge on any atom is 0.223 e. The Morgan fingerprint density at radius 1 is 1.29 bits per heavy atom. The van der Waals surface area contributed by atoms with Crippen molar-refractivity contribution in [3.63, 3.8) is 0 Å². The van der Waals surface area contributed by atoms with Gasteiger partial charge in [-0.25, -0.2) is 4.98 Å². The van der Waals surface area contributed by atoms with Gasteiger partial charge in [-0.3, -0.25) is 4.79 Å². The second-order valence-corrected chi connectivity index (χ2v) is 6.11. The Kier molecular flexibility index (Phi) is 3.69. The Bertz CT molecular complexity index is 879. The quantitative estimate of drug-likeness (QED) is 0.677. The maximum atomic E-state index is 12.4. The van der Waals surface area contributed by atoms with Gasteiger partial charge in [0.2, 0.25) is 5.91 Å². The number of fused-ring (bicyclic) bond motifs is 1. The summed E-state index contributed by atoms with van der Waals surface area (Å²) in [6, 6.07) is 11.8. The molecule has 3 aromatic rings. The van der Waals surface area contributed by atoms with Crippen LogP contribution in [0.2, 0.25) is 0 Å². The van der Waals surface area contributed by atoms with E-state index in [0.29, 0.717) is 26.1 Å². The Balaban J connectivity index is 1.64. The van der Waals surface area contributed by atoms with E-state index in [1.165, 1.54) is 0 Å². The highest BCUT2D eigenvalue weighted by molar-refractivity contribution is 5.80. The van der Waals surface area contributed by atoms with Crippen LogP contribution in [0.5, 0.6) is 0 Å². The second-order valence-electron chi connectivity index (χ2n) is 6.11. The van der Waals surface area contributed by atoms with Crippen LogP contribution < -0.4 is 0 Å². The van der Waals surface area contributed by atoms with Crippen LogP contribution in [0.1, 0.15) is 23.9 Å². The summed E-state index contributed by atoms with van der Waals surface area (Å²) in [6.07, 6.45) is 3.99. The minimum absolute atomic E-state index is 0.0970. The molecule has 0 spiro atoms. The number of carbonyl (C=O) groups is 1. The van der Waals surface area contributed by atoms with Crippen molar-refractivity contribution < 1.29 is 9.21 Å². The van der Waals surface area contributed by atoms with Gasteiger partial charge in [-0.15, -0.1) is 6.58 Å². The van der Waals surface area contributed by atoms with Gasteiger partial charge in [0.05, 0.1) is 23.8 Å². The molecule has 3 heterocycles. The lowest BCUT2D eigenvalue weighted by atomic mass is 10.1. The summed E-state index contributed by atoms with van der Waals surface area (Å²) >= 11 is 0. The molecule has 122 valence electrons. The van der Waals surface area contributed by atoms with Crippen molar-refractivity contribution in [3.8, 4) is 0 Å². The van der Waals surface area contributed by atoms with Crippen LogP contribution in [-0.2, 0) is 17.9 Å². The van der Waals surface area contributed by atoms with E-state index in [-0.39, 0.29) is 11.8 Å². The summed E-state index contributed by atoms with van der Waals surface area (Å²) in [5.74, 6) is 2.02. The van der Waals surface area contributed by atoms with Gasteiger partial charge in [0, 0.05) is 25.4 Å². The normalized spacial score (nSPS) is 17.8. The molecular formula is C19H19N3O2. The third kappa shape index (κ3) is 2.52. The summed E-state index contributed by atoms with van der Waals surface area (Å²) in [4.78, 5) is 19.0. The number of carbonyl (C=O) groups excluding carboxylic acids is 1. The van der Waals surface area contributed by atoms with Gasteiger partial charge in [-0.1, -0.05) is 18.2 Å². The molecule has 2 aromatic heterocycles. The molecule has 5 heteroatoms. The Morgan fingerprint density at radius 2 is 2.17 bits per heavy atom. The van der Waals surface area contributed by atoms with Crippen LogP contribution in [0, 0.1) is 0 Å². The van der Waals surface area contributed by atoms with E-state index in [2.05, 4.69) is 17.2 Å². The molecule has 1 aromatic carbocycles. The number of benzene rings is 1. The van der Waals surface area contributed by atoms with E-state index in [1.807, 2.05) is 41.3 Å². The zero-order valence-electron chi connectivity index (χ0n) is 13.4. The smallest absolute Gasteiger partial charge is 0.223 e. The molecule has 1 saturated heterocycles. The van der Waals surface area contributed by atoms with Crippen LogP contribution in [-0.4, -0.2) is 26.9 Å². The van der Waals surface area contributed by atoms with E-state index in [4.69, 9.17) is 9.40 Å². The number of imidazole rings is 1. The fourth-order valence-electron chi connectivity index (χ4n) is 3.42. The van der Waals surface area contributed by atoms with Gasteiger partial charge in [-0.2, -0.15) is 0 Å². The molecule has 24 heavy (non-hydrogen) atoms. The van der Waals surface area contributed by atoms with Crippen LogP contribution >= 0.6 is 0 Å². The zero-order chi connectivity index (χ0) is 16.5.